The number of nitrogens with two attached hydrogens (primary N) is 1. The summed E-state index contributed by atoms with van der Waals surface area (Å²) in [6.45, 7) is 3.11. The van der Waals surface area contributed by atoms with E-state index in [0.717, 1.165) is 23.8 Å². The number of hydrogen-bond acceptors (Lipinski definition) is 6. The van der Waals surface area contributed by atoms with Gasteiger partial charge in [0.05, 0.1) is 23.3 Å². The smallest absolute Gasteiger partial charge is 0.341 e. The van der Waals surface area contributed by atoms with E-state index in [1.165, 1.54) is 14.0 Å². The number of halogens is 1. The van der Waals surface area contributed by atoms with Gasteiger partial charge in [0.2, 0.25) is 10.0 Å². The van der Waals surface area contributed by atoms with Crippen LogP contribution in [0.5, 0.6) is 5.75 Å². The summed E-state index contributed by atoms with van der Waals surface area (Å²) in [5, 5.41) is 7.53. The normalized spacial score (nSPS) is 12.2. The van der Waals surface area contributed by atoms with Gasteiger partial charge in [-0.3, -0.25) is 4.79 Å². The first-order valence-corrected chi connectivity index (χ1v) is 9.56. The molecule has 0 aliphatic carbocycles. The van der Waals surface area contributed by atoms with Crippen LogP contribution in [0.3, 0.4) is 0 Å². The predicted molar refractivity (Wildman–Crippen MR) is 99.0 cm³/mol. The van der Waals surface area contributed by atoms with Gasteiger partial charge in [0.1, 0.15) is 11.6 Å². The number of hydrogen-bond donors (Lipinski definition) is 2. The second kappa shape index (κ2) is 8.36. The third-order valence-electron chi connectivity index (χ3n) is 3.75. The number of esters is 1. The first-order valence-electron chi connectivity index (χ1n) is 8.01. The molecule has 8 nitrogen and oxygen atoms in total. The van der Waals surface area contributed by atoms with Crippen molar-refractivity contribution in [2.75, 3.05) is 12.4 Å². The van der Waals surface area contributed by atoms with Crippen molar-refractivity contribution in [2.24, 2.45) is 5.14 Å². The van der Waals surface area contributed by atoms with Crippen molar-refractivity contribution in [2.45, 2.75) is 24.8 Å². The zero-order valence-electron chi connectivity index (χ0n) is 15.4. The van der Waals surface area contributed by atoms with Gasteiger partial charge in [-0.2, -0.15) is 0 Å². The van der Waals surface area contributed by atoms with Crippen molar-refractivity contribution in [3.63, 3.8) is 0 Å². The summed E-state index contributed by atoms with van der Waals surface area (Å²) in [6, 6.07) is 7.57. The number of primary sulfonamides is 1. The Morgan fingerprint density at radius 1 is 1.18 bits per heavy atom. The Balaban J connectivity index is 2.16. The van der Waals surface area contributed by atoms with Gasteiger partial charge in [0, 0.05) is 0 Å². The number of aryl methyl sites for hydroxylation is 1. The van der Waals surface area contributed by atoms with Gasteiger partial charge in [-0.25, -0.2) is 22.7 Å². The molecule has 3 N–H and O–H groups in total. The molecule has 0 bridgehead atoms. The van der Waals surface area contributed by atoms with E-state index in [-0.39, 0.29) is 0 Å². The maximum atomic E-state index is 13.9. The Morgan fingerprint density at radius 2 is 1.86 bits per heavy atom. The highest BCUT2D eigenvalue weighted by Gasteiger charge is 2.23. The summed E-state index contributed by atoms with van der Waals surface area (Å²) >= 11 is 0. The number of carbonyl (C=O) groups excluding carboxylic acids is 2. The van der Waals surface area contributed by atoms with Crippen LogP contribution in [0.4, 0.5) is 10.1 Å². The molecule has 2 aromatic rings. The summed E-state index contributed by atoms with van der Waals surface area (Å²) in [6.07, 6.45) is -1.30. The number of methoxy groups -OCH3 is 1. The van der Waals surface area contributed by atoms with Gasteiger partial charge in [0.25, 0.3) is 5.91 Å². The largest absolute Gasteiger partial charge is 0.495 e. The quantitative estimate of drug-likeness (QED) is 0.702. The fourth-order valence-electron chi connectivity index (χ4n) is 2.27. The summed E-state index contributed by atoms with van der Waals surface area (Å²) in [5.41, 5.74) is 0.583. The highest BCUT2D eigenvalue weighted by molar-refractivity contribution is 7.89. The lowest BCUT2D eigenvalue weighted by Gasteiger charge is -2.16. The third-order valence-corrected chi connectivity index (χ3v) is 4.66. The zero-order valence-corrected chi connectivity index (χ0v) is 16.2. The van der Waals surface area contributed by atoms with Crippen LogP contribution >= 0.6 is 0 Å². The molecule has 0 aliphatic rings. The third kappa shape index (κ3) is 5.05. The standard InChI is InChI=1S/C18H19FN2O6S/c1-10-4-7-16(26-3)15(8-10)21-17(22)11(2)27-18(23)13-9-12(28(20,24)25)5-6-14(13)19/h4-9,11H,1-3H3,(H,21,22)(H2,20,24,25)/t11-/m1/s1. The lowest BCUT2D eigenvalue weighted by Crippen LogP contribution is -2.30. The van der Waals surface area contributed by atoms with Crippen molar-refractivity contribution < 1.29 is 31.9 Å². The topological polar surface area (TPSA) is 125 Å². The Labute approximate surface area is 161 Å². The highest BCUT2D eigenvalue weighted by atomic mass is 32.2. The van der Waals surface area contributed by atoms with Crippen LogP contribution in [-0.4, -0.2) is 33.5 Å². The van der Waals surface area contributed by atoms with Crippen LogP contribution in [0.1, 0.15) is 22.8 Å². The van der Waals surface area contributed by atoms with Crippen LogP contribution in [0.2, 0.25) is 0 Å². The molecule has 0 aromatic heterocycles. The molecule has 1 atom stereocenters. The summed E-state index contributed by atoms with van der Waals surface area (Å²) in [4.78, 5) is 24.0. The number of rotatable bonds is 6. The molecule has 0 aliphatic heterocycles. The lowest BCUT2D eigenvalue weighted by atomic mass is 10.2. The number of anilines is 1. The van der Waals surface area contributed by atoms with E-state index in [1.54, 1.807) is 18.2 Å². The molecular weight excluding hydrogens is 391 g/mol. The van der Waals surface area contributed by atoms with E-state index in [2.05, 4.69) is 5.32 Å². The van der Waals surface area contributed by atoms with Crippen molar-refractivity contribution in [1.82, 2.24) is 0 Å². The molecular formula is C18H19FN2O6S. The molecule has 2 aromatic carbocycles. The minimum atomic E-state index is -4.14. The average Bonchev–Trinajstić information content (AvgIpc) is 2.61. The summed E-state index contributed by atoms with van der Waals surface area (Å²) < 4.78 is 46.7. The minimum absolute atomic E-state index is 0.373. The second-order valence-corrected chi connectivity index (χ2v) is 7.49. The highest BCUT2D eigenvalue weighted by Crippen LogP contribution is 2.25. The van der Waals surface area contributed by atoms with Crippen LogP contribution in [0.25, 0.3) is 0 Å². The van der Waals surface area contributed by atoms with E-state index < -0.39 is 44.3 Å². The molecule has 0 fully saturated rings. The zero-order chi connectivity index (χ0) is 21.1. The van der Waals surface area contributed by atoms with Gasteiger partial charge in [0.15, 0.2) is 6.10 Å². The lowest BCUT2D eigenvalue weighted by molar-refractivity contribution is -0.123. The van der Waals surface area contributed by atoms with E-state index >= 15 is 0 Å². The first kappa shape index (κ1) is 21.3. The Kier molecular flexibility index (Phi) is 6.37. The molecule has 0 saturated carbocycles. The van der Waals surface area contributed by atoms with Crippen molar-refractivity contribution in [3.05, 3.63) is 53.3 Å². The van der Waals surface area contributed by atoms with Gasteiger partial charge < -0.3 is 14.8 Å². The van der Waals surface area contributed by atoms with Crippen LogP contribution in [-0.2, 0) is 19.6 Å². The Morgan fingerprint density at radius 3 is 2.46 bits per heavy atom. The van der Waals surface area contributed by atoms with Gasteiger partial charge in [-0.05, 0) is 49.7 Å². The van der Waals surface area contributed by atoms with Crippen LogP contribution in [0, 0.1) is 12.7 Å². The maximum Gasteiger partial charge on any atom is 0.341 e. The summed E-state index contributed by atoms with van der Waals surface area (Å²) in [5.74, 6) is -2.49. The van der Waals surface area contributed by atoms with Gasteiger partial charge in [-0.15, -0.1) is 0 Å². The van der Waals surface area contributed by atoms with Crippen molar-refractivity contribution in [3.8, 4) is 5.75 Å². The Bertz CT molecular complexity index is 1020. The molecule has 10 heteroatoms. The van der Waals surface area contributed by atoms with Crippen molar-refractivity contribution >= 4 is 27.6 Å². The Hall–Kier alpha value is -2.98. The van der Waals surface area contributed by atoms with Gasteiger partial charge >= 0.3 is 5.97 Å². The number of ether oxygens (including phenoxy) is 2. The van der Waals surface area contributed by atoms with E-state index in [0.29, 0.717) is 11.4 Å². The molecule has 1 amide bonds. The molecule has 0 saturated heterocycles. The fraction of sp³-hybridized carbons (Fsp3) is 0.222. The van der Waals surface area contributed by atoms with Crippen molar-refractivity contribution in [1.29, 1.82) is 0 Å². The predicted octanol–water partition coefficient (Wildman–Crippen LogP) is 1.97. The van der Waals surface area contributed by atoms with E-state index in [1.807, 2.05) is 6.92 Å². The molecule has 28 heavy (non-hydrogen) atoms. The first-order chi connectivity index (χ1) is 13.0. The minimum Gasteiger partial charge on any atom is -0.495 e. The summed E-state index contributed by atoms with van der Waals surface area (Å²) in [7, 11) is -2.70. The average molecular weight is 410 g/mol. The molecule has 150 valence electrons. The maximum absolute atomic E-state index is 13.9. The SMILES string of the molecule is COc1ccc(C)cc1NC(=O)[C@@H](C)OC(=O)c1cc(S(N)(=O)=O)ccc1F. The number of benzene rings is 2. The monoisotopic (exact) mass is 410 g/mol. The molecule has 2 rings (SSSR count). The number of nitrogens with one attached hydrogen (secondary N) is 1. The van der Waals surface area contributed by atoms with Crippen LogP contribution in [0.15, 0.2) is 41.3 Å². The molecule has 0 radical (unpaired) electrons. The molecule has 0 spiro atoms. The number of amides is 1. The van der Waals surface area contributed by atoms with Crippen LogP contribution < -0.4 is 15.2 Å². The number of carbonyl (C=O) groups is 2. The van der Waals surface area contributed by atoms with E-state index in [9.17, 15) is 22.4 Å². The fourth-order valence-corrected chi connectivity index (χ4v) is 2.81. The molecule has 0 heterocycles. The molecule has 0 unspecified atom stereocenters. The van der Waals surface area contributed by atoms with Gasteiger partial charge in [-0.1, -0.05) is 6.07 Å². The number of sulfonamides is 1. The van der Waals surface area contributed by atoms with E-state index in [4.69, 9.17) is 14.6 Å². The second-order valence-electron chi connectivity index (χ2n) is 5.93.